The zero-order valence-electron chi connectivity index (χ0n) is 19.4. The Bertz CT molecular complexity index is 995. The van der Waals surface area contributed by atoms with E-state index in [9.17, 15) is 14.4 Å². The van der Waals surface area contributed by atoms with Crippen LogP contribution in [0, 0.1) is 5.92 Å². The molecule has 2 aromatic rings. The van der Waals surface area contributed by atoms with Gasteiger partial charge in [-0.1, -0.05) is 67.2 Å². The van der Waals surface area contributed by atoms with E-state index in [4.69, 9.17) is 14.2 Å². The van der Waals surface area contributed by atoms with E-state index < -0.39 is 35.8 Å². The van der Waals surface area contributed by atoms with Crippen LogP contribution in [-0.2, 0) is 41.7 Å². The second-order valence-electron chi connectivity index (χ2n) is 8.06. The van der Waals surface area contributed by atoms with Crippen molar-refractivity contribution in [1.29, 1.82) is 0 Å². The topological polar surface area (TPSA) is 94.2 Å². The highest BCUT2D eigenvalue weighted by atomic mass is 16.5. The lowest BCUT2D eigenvalue weighted by atomic mass is 9.96. The van der Waals surface area contributed by atoms with E-state index in [0.717, 1.165) is 11.1 Å². The largest absolute Gasteiger partial charge is 0.469 e. The predicted octanol–water partition coefficient (Wildman–Crippen LogP) is 2.44. The number of nitrogens with zero attached hydrogens (tertiary/aromatic N) is 1. The van der Waals surface area contributed by atoms with Gasteiger partial charge in [-0.05, 0) is 17.5 Å². The Kier molecular flexibility index (Phi) is 8.95. The van der Waals surface area contributed by atoms with E-state index in [1.165, 1.54) is 14.2 Å². The molecule has 34 heavy (non-hydrogen) atoms. The number of esters is 2. The van der Waals surface area contributed by atoms with Crippen LogP contribution in [0.3, 0.4) is 0 Å². The summed E-state index contributed by atoms with van der Waals surface area (Å²) in [4.78, 5) is 39.6. The van der Waals surface area contributed by atoms with E-state index in [0.29, 0.717) is 18.8 Å². The number of hydrogen-bond donors (Lipinski definition) is 1. The molecule has 0 radical (unpaired) electrons. The molecule has 1 aliphatic rings. The Morgan fingerprint density at radius 2 is 1.53 bits per heavy atom. The summed E-state index contributed by atoms with van der Waals surface area (Å²) >= 11 is 0. The smallest absolute Gasteiger partial charge is 0.323 e. The van der Waals surface area contributed by atoms with Crippen LogP contribution in [-0.4, -0.2) is 55.7 Å². The molecule has 0 aliphatic carbocycles. The van der Waals surface area contributed by atoms with Gasteiger partial charge in [-0.25, -0.2) is 0 Å². The number of nitrogens with one attached hydrogen (secondary N) is 1. The third kappa shape index (κ3) is 6.30. The molecule has 0 aromatic heterocycles. The molecule has 3 rings (SSSR count). The summed E-state index contributed by atoms with van der Waals surface area (Å²) in [7, 11) is 2.61. The molecule has 8 nitrogen and oxygen atoms in total. The highest BCUT2D eigenvalue weighted by Crippen LogP contribution is 2.36. The lowest BCUT2D eigenvalue weighted by Gasteiger charge is -2.31. The quantitative estimate of drug-likeness (QED) is 0.538. The number of carbonyl (C=O) groups excluding carboxylic acids is 3. The monoisotopic (exact) mass is 466 g/mol. The zero-order valence-corrected chi connectivity index (χ0v) is 19.4. The molecule has 8 heteroatoms. The van der Waals surface area contributed by atoms with E-state index in [1.54, 1.807) is 0 Å². The normalized spacial score (nSPS) is 19.9. The summed E-state index contributed by atoms with van der Waals surface area (Å²) in [6.45, 7) is 4.50. The fraction of sp³-hybridized carbons (Fsp3) is 0.346. The second-order valence-corrected chi connectivity index (χ2v) is 8.06. The Balaban J connectivity index is 1.74. The van der Waals surface area contributed by atoms with Crippen molar-refractivity contribution in [1.82, 2.24) is 10.2 Å². The highest BCUT2D eigenvalue weighted by Gasteiger charge is 2.50. The molecule has 0 unspecified atom stereocenters. The third-order valence-electron chi connectivity index (χ3n) is 5.80. The van der Waals surface area contributed by atoms with Crippen molar-refractivity contribution in [3.63, 3.8) is 0 Å². The summed E-state index contributed by atoms with van der Waals surface area (Å²) in [6.07, 6.45) is 0.191. The molecular weight excluding hydrogens is 436 g/mol. The van der Waals surface area contributed by atoms with Gasteiger partial charge in [0.05, 0.1) is 32.8 Å². The minimum Gasteiger partial charge on any atom is -0.469 e. The van der Waals surface area contributed by atoms with Gasteiger partial charge in [0.25, 0.3) is 0 Å². The number of hydrogen-bond acceptors (Lipinski definition) is 7. The maximum Gasteiger partial charge on any atom is 0.323 e. The van der Waals surface area contributed by atoms with E-state index in [1.807, 2.05) is 65.6 Å². The summed E-state index contributed by atoms with van der Waals surface area (Å²) in [5.74, 6) is -2.04. The Hall–Kier alpha value is -3.49. The molecule has 0 spiro atoms. The van der Waals surface area contributed by atoms with Gasteiger partial charge in [-0.2, -0.15) is 0 Å². The molecule has 180 valence electrons. The van der Waals surface area contributed by atoms with E-state index in [-0.39, 0.29) is 13.0 Å². The molecule has 1 aliphatic heterocycles. The molecule has 1 amide bonds. The highest BCUT2D eigenvalue weighted by molar-refractivity contribution is 5.82. The number of benzene rings is 2. The lowest BCUT2D eigenvalue weighted by Crippen LogP contribution is -2.46. The molecule has 1 N–H and O–H groups in total. The zero-order chi connectivity index (χ0) is 24.5. The van der Waals surface area contributed by atoms with Crippen molar-refractivity contribution in [2.45, 2.75) is 31.7 Å². The first kappa shape index (κ1) is 25.1. The number of rotatable bonds is 10. The van der Waals surface area contributed by atoms with Crippen molar-refractivity contribution >= 4 is 17.8 Å². The summed E-state index contributed by atoms with van der Waals surface area (Å²) in [6, 6.07) is 17.7. The summed E-state index contributed by atoms with van der Waals surface area (Å²) in [5.41, 5.74) is 2.19. The Morgan fingerprint density at radius 1 is 0.941 bits per heavy atom. The number of ether oxygens (including phenoxy) is 3. The van der Waals surface area contributed by atoms with Gasteiger partial charge in [-0.15, -0.1) is 0 Å². The number of carbonyl (C=O) groups is 3. The standard InChI is InChI=1S/C26H30N2O6/c1-18(27-23(29)17-34-16-20-12-8-5-9-13-20)24-21(25(30)32-2)14-22(26(31)33-3)28(24)15-19-10-6-4-7-11-19/h4-13,21-22,24H,1,14-17H2,2-3H3,(H,27,29)/t21-,22-,24+/m1/s1. The van der Waals surface area contributed by atoms with Crippen molar-refractivity contribution < 1.29 is 28.6 Å². The third-order valence-corrected chi connectivity index (χ3v) is 5.80. The fourth-order valence-corrected chi connectivity index (χ4v) is 4.24. The molecule has 1 fully saturated rings. The first-order valence-corrected chi connectivity index (χ1v) is 11.0. The predicted molar refractivity (Wildman–Crippen MR) is 125 cm³/mol. The molecule has 1 saturated heterocycles. The number of amides is 1. The van der Waals surface area contributed by atoms with Gasteiger partial charge in [0.15, 0.2) is 0 Å². The number of likely N-dealkylation sites (tertiary alicyclic amines) is 1. The van der Waals surface area contributed by atoms with Crippen LogP contribution in [0.2, 0.25) is 0 Å². The van der Waals surface area contributed by atoms with Crippen LogP contribution in [0.25, 0.3) is 0 Å². The maximum absolute atomic E-state index is 12.6. The SMILES string of the molecule is C=C(NC(=O)COCc1ccccc1)[C@H]1[C@H](C(=O)OC)C[C@H](C(=O)OC)N1Cc1ccccc1. The molecule has 0 bridgehead atoms. The molecule has 2 aromatic carbocycles. The van der Waals surface area contributed by atoms with Gasteiger partial charge < -0.3 is 19.5 Å². The van der Waals surface area contributed by atoms with Crippen molar-refractivity contribution in [2.75, 3.05) is 20.8 Å². The molecule has 1 heterocycles. The van der Waals surface area contributed by atoms with Crippen LogP contribution >= 0.6 is 0 Å². The Labute approximate surface area is 199 Å². The van der Waals surface area contributed by atoms with Crippen LogP contribution in [0.15, 0.2) is 72.9 Å². The maximum atomic E-state index is 12.6. The summed E-state index contributed by atoms with van der Waals surface area (Å²) < 4.78 is 15.5. The van der Waals surface area contributed by atoms with Crippen molar-refractivity contribution in [3.05, 3.63) is 84.1 Å². The minimum absolute atomic E-state index is 0.178. The minimum atomic E-state index is -0.698. The first-order chi connectivity index (χ1) is 16.4. The average Bonchev–Trinajstić information content (AvgIpc) is 3.23. The van der Waals surface area contributed by atoms with Gasteiger partial charge >= 0.3 is 11.9 Å². The van der Waals surface area contributed by atoms with Crippen LogP contribution in [0.4, 0.5) is 0 Å². The fourth-order valence-electron chi connectivity index (χ4n) is 4.24. The second kappa shape index (κ2) is 12.1. The van der Waals surface area contributed by atoms with Crippen LogP contribution in [0.1, 0.15) is 17.5 Å². The van der Waals surface area contributed by atoms with Crippen molar-refractivity contribution in [3.8, 4) is 0 Å². The van der Waals surface area contributed by atoms with E-state index in [2.05, 4.69) is 11.9 Å². The van der Waals surface area contributed by atoms with Crippen LogP contribution < -0.4 is 5.32 Å². The van der Waals surface area contributed by atoms with Gasteiger partial charge in [0.1, 0.15) is 12.6 Å². The summed E-state index contributed by atoms with van der Waals surface area (Å²) in [5, 5.41) is 2.75. The average molecular weight is 467 g/mol. The molecule has 3 atom stereocenters. The van der Waals surface area contributed by atoms with Gasteiger partial charge in [0.2, 0.25) is 5.91 Å². The van der Waals surface area contributed by atoms with E-state index >= 15 is 0 Å². The number of methoxy groups -OCH3 is 2. The Morgan fingerprint density at radius 3 is 2.12 bits per heavy atom. The molecule has 0 saturated carbocycles. The van der Waals surface area contributed by atoms with Crippen LogP contribution in [0.5, 0.6) is 0 Å². The van der Waals surface area contributed by atoms with Gasteiger partial charge in [-0.3, -0.25) is 19.3 Å². The lowest BCUT2D eigenvalue weighted by molar-refractivity contribution is -0.146. The van der Waals surface area contributed by atoms with Gasteiger partial charge in [0, 0.05) is 12.2 Å². The first-order valence-electron chi connectivity index (χ1n) is 11.0. The molecular formula is C26H30N2O6. The van der Waals surface area contributed by atoms with Crippen molar-refractivity contribution in [2.24, 2.45) is 5.92 Å².